The van der Waals surface area contributed by atoms with Crippen LogP contribution >= 0.6 is 58.8 Å². The quantitative estimate of drug-likeness (QED) is 0.169. The number of thioether (sulfide) groups is 1. The topological polar surface area (TPSA) is 49.4 Å². The first-order valence-electron chi connectivity index (χ1n) is 10.0. The molecule has 0 radical (unpaired) electrons. The summed E-state index contributed by atoms with van der Waals surface area (Å²) in [6.45, 7) is 2.56. The highest BCUT2D eigenvalue weighted by Gasteiger charge is 2.31. The number of benzene rings is 2. The summed E-state index contributed by atoms with van der Waals surface area (Å²) in [6, 6.07) is 11.0. The number of rotatable bonds is 8. The SMILES string of the molecule is Cc1ccc(C=C2SC(=S)N(CCCCCC(=O)Nc3cc(Cl)c(Cl)cc3Cl)C2=O)cc1. The van der Waals surface area contributed by atoms with Crippen LogP contribution in [0.4, 0.5) is 5.69 Å². The van der Waals surface area contributed by atoms with E-state index in [0.29, 0.717) is 49.4 Å². The molecule has 0 aliphatic carbocycles. The first kappa shape index (κ1) is 25.1. The number of anilines is 1. The minimum absolute atomic E-state index is 0.0624. The predicted molar refractivity (Wildman–Crippen MR) is 140 cm³/mol. The fourth-order valence-corrected chi connectivity index (χ4v) is 4.97. The Bertz CT molecular complexity index is 1070. The van der Waals surface area contributed by atoms with Gasteiger partial charge in [0.25, 0.3) is 5.91 Å². The van der Waals surface area contributed by atoms with Crippen molar-refractivity contribution in [2.45, 2.75) is 32.6 Å². The van der Waals surface area contributed by atoms with Gasteiger partial charge in [0.2, 0.25) is 5.91 Å². The summed E-state index contributed by atoms with van der Waals surface area (Å²) in [7, 11) is 0. The number of hydrogen-bond acceptors (Lipinski definition) is 4. The van der Waals surface area contributed by atoms with Crippen molar-refractivity contribution in [2.24, 2.45) is 0 Å². The van der Waals surface area contributed by atoms with E-state index in [4.69, 9.17) is 47.0 Å². The number of thiocarbonyl (C=S) groups is 1. The molecule has 2 aromatic rings. The van der Waals surface area contributed by atoms with E-state index in [1.165, 1.54) is 29.5 Å². The molecule has 4 nitrogen and oxygen atoms in total. The lowest BCUT2D eigenvalue weighted by Gasteiger charge is -2.14. The number of halogens is 3. The van der Waals surface area contributed by atoms with E-state index in [2.05, 4.69) is 5.32 Å². The van der Waals surface area contributed by atoms with Crippen LogP contribution in [0.3, 0.4) is 0 Å². The molecule has 1 saturated heterocycles. The maximum atomic E-state index is 12.7. The lowest BCUT2D eigenvalue weighted by molar-refractivity contribution is -0.122. The minimum atomic E-state index is -0.156. The van der Waals surface area contributed by atoms with E-state index in [1.54, 1.807) is 4.90 Å². The third-order valence-corrected chi connectivity index (χ3v) is 7.23. The van der Waals surface area contributed by atoms with Crippen molar-refractivity contribution in [1.82, 2.24) is 4.90 Å². The van der Waals surface area contributed by atoms with Crippen LogP contribution in [-0.2, 0) is 9.59 Å². The second-order valence-electron chi connectivity index (χ2n) is 7.35. The molecule has 0 unspecified atom stereocenters. The molecule has 3 rings (SSSR count). The lowest BCUT2D eigenvalue weighted by atomic mass is 10.1. The van der Waals surface area contributed by atoms with Gasteiger partial charge in [0.1, 0.15) is 4.32 Å². The normalized spacial score (nSPS) is 15.0. The average Bonchev–Trinajstić information content (AvgIpc) is 3.00. The Morgan fingerprint density at radius 1 is 1.06 bits per heavy atom. The highest BCUT2D eigenvalue weighted by Crippen LogP contribution is 2.33. The Balaban J connectivity index is 1.43. The fraction of sp³-hybridized carbons (Fsp3) is 0.261. The molecule has 0 aromatic heterocycles. The van der Waals surface area contributed by atoms with Gasteiger partial charge < -0.3 is 5.32 Å². The monoisotopic (exact) mass is 526 g/mol. The second-order valence-corrected chi connectivity index (χ2v) is 10.2. The summed E-state index contributed by atoms with van der Waals surface area (Å²) in [5.41, 5.74) is 2.58. The number of carbonyl (C=O) groups is 2. The molecule has 1 aliphatic rings. The van der Waals surface area contributed by atoms with E-state index < -0.39 is 0 Å². The Labute approximate surface area is 212 Å². The molecule has 0 spiro atoms. The Morgan fingerprint density at radius 2 is 1.75 bits per heavy atom. The first-order valence-corrected chi connectivity index (χ1v) is 12.4. The van der Waals surface area contributed by atoms with Gasteiger partial charge in [0.05, 0.1) is 25.7 Å². The van der Waals surface area contributed by atoms with Gasteiger partial charge in [-0.05, 0) is 43.5 Å². The van der Waals surface area contributed by atoms with Gasteiger partial charge in [-0.2, -0.15) is 0 Å². The molecule has 168 valence electrons. The molecule has 1 fully saturated rings. The summed E-state index contributed by atoms with van der Waals surface area (Å²) in [4.78, 5) is 27.1. The third kappa shape index (κ3) is 6.72. The fourth-order valence-electron chi connectivity index (χ4n) is 3.07. The van der Waals surface area contributed by atoms with Gasteiger partial charge in [-0.25, -0.2) is 0 Å². The zero-order valence-electron chi connectivity index (χ0n) is 17.3. The molecule has 0 bridgehead atoms. The van der Waals surface area contributed by atoms with Crippen molar-refractivity contribution in [3.8, 4) is 0 Å². The first-order chi connectivity index (χ1) is 15.2. The highest BCUT2D eigenvalue weighted by molar-refractivity contribution is 8.26. The molecule has 1 N–H and O–H groups in total. The van der Waals surface area contributed by atoms with Gasteiger partial charge in [0, 0.05) is 13.0 Å². The van der Waals surface area contributed by atoms with Crippen molar-refractivity contribution in [3.63, 3.8) is 0 Å². The number of carbonyl (C=O) groups excluding carboxylic acids is 2. The molecular formula is C23H21Cl3N2O2S2. The third-order valence-electron chi connectivity index (χ3n) is 4.82. The van der Waals surface area contributed by atoms with Crippen molar-refractivity contribution < 1.29 is 9.59 Å². The molecule has 0 saturated carbocycles. The van der Waals surface area contributed by atoms with E-state index in [9.17, 15) is 9.59 Å². The van der Waals surface area contributed by atoms with Gasteiger partial charge >= 0.3 is 0 Å². The molecular weight excluding hydrogens is 507 g/mol. The Kier molecular flexibility index (Phi) is 9.03. The van der Waals surface area contributed by atoms with Crippen LogP contribution in [0.1, 0.15) is 36.8 Å². The van der Waals surface area contributed by atoms with Gasteiger partial charge in [0.15, 0.2) is 0 Å². The number of unbranched alkanes of at least 4 members (excludes halogenated alkanes) is 2. The van der Waals surface area contributed by atoms with E-state index in [0.717, 1.165) is 18.4 Å². The number of hydrogen-bond donors (Lipinski definition) is 1. The number of aryl methyl sites for hydroxylation is 1. The van der Waals surface area contributed by atoms with Crippen LogP contribution < -0.4 is 5.32 Å². The molecule has 32 heavy (non-hydrogen) atoms. The maximum Gasteiger partial charge on any atom is 0.266 e. The number of nitrogens with zero attached hydrogens (tertiary/aromatic N) is 1. The van der Waals surface area contributed by atoms with Crippen molar-refractivity contribution >= 4 is 86.7 Å². The summed E-state index contributed by atoms with van der Waals surface area (Å²) in [5.74, 6) is -0.218. The molecule has 0 atom stereocenters. The number of nitrogens with one attached hydrogen (secondary N) is 1. The second kappa shape index (κ2) is 11.5. The highest BCUT2D eigenvalue weighted by atomic mass is 35.5. The summed E-state index contributed by atoms with van der Waals surface area (Å²) >= 11 is 24.7. The Morgan fingerprint density at radius 3 is 2.47 bits per heavy atom. The van der Waals surface area contributed by atoms with Crippen molar-refractivity contribution in [3.05, 3.63) is 67.5 Å². The molecule has 1 heterocycles. The van der Waals surface area contributed by atoms with Gasteiger partial charge in [-0.15, -0.1) is 0 Å². The predicted octanol–water partition coefficient (Wildman–Crippen LogP) is 7.36. The smallest absolute Gasteiger partial charge is 0.266 e. The number of amides is 2. The van der Waals surface area contributed by atoms with Crippen LogP contribution in [0.25, 0.3) is 6.08 Å². The summed E-state index contributed by atoms with van der Waals surface area (Å²) in [5, 5.41) is 3.74. The van der Waals surface area contributed by atoms with Gasteiger partial charge in [-0.1, -0.05) is 95.0 Å². The zero-order chi connectivity index (χ0) is 23.3. The van der Waals surface area contributed by atoms with Gasteiger partial charge in [-0.3, -0.25) is 14.5 Å². The van der Waals surface area contributed by atoms with Crippen LogP contribution in [0.15, 0.2) is 41.3 Å². The van der Waals surface area contributed by atoms with E-state index in [1.807, 2.05) is 37.3 Å². The molecule has 2 aromatic carbocycles. The van der Waals surface area contributed by atoms with E-state index >= 15 is 0 Å². The van der Waals surface area contributed by atoms with Crippen molar-refractivity contribution in [1.29, 1.82) is 0 Å². The maximum absolute atomic E-state index is 12.7. The van der Waals surface area contributed by atoms with Crippen molar-refractivity contribution in [2.75, 3.05) is 11.9 Å². The summed E-state index contributed by atoms with van der Waals surface area (Å²) in [6.07, 6.45) is 4.43. The van der Waals surface area contributed by atoms with Crippen LogP contribution in [0.5, 0.6) is 0 Å². The Hall–Kier alpha value is -1.57. The minimum Gasteiger partial charge on any atom is -0.325 e. The zero-order valence-corrected chi connectivity index (χ0v) is 21.2. The molecule has 1 aliphatic heterocycles. The largest absolute Gasteiger partial charge is 0.325 e. The van der Waals surface area contributed by atoms with Crippen LogP contribution in [0.2, 0.25) is 15.1 Å². The molecule has 2 amide bonds. The van der Waals surface area contributed by atoms with Crippen LogP contribution in [0, 0.1) is 6.92 Å². The summed E-state index contributed by atoms with van der Waals surface area (Å²) < 4.78 is 0.570. The van der Waals surface area contributed by atoms with Crippen LogP contribution in [-0.4, -0.2) is 27.6 Å². The molecule has 9 heteroatoms. The lowest BCUT2D eigenvalue weighted by Crippen LogP contribution is -2.29. The van der Waals surface area contributed by atoms with E-state index in [-0.39, 0.29) is 11.8 Å². The average molecular weight is 528 g/mol. The standard InChI is InChI=1S/C23H21Cl3N2O2S2/c1-14-6-8-15(9-7-14)11-20-22(30)28(23(31)32-20)10-4-2-3-5-21(29)27-19-13-17(25)16(24)12-18(19)26/h6-9,11-13H,2-5,10H2,1H3,(H,27,29).